The van der Waals surface area contributed by atoms with Gasteiger partial charge in [-0.25, -0.2) is 9.59 Å². The first kappa shape index (κ1) is 16.1. The van der Waals surface area contributed by atoms with Crippen molar-refractivity contribution in [3.05, 3.63) is 0 Å². The maximum atomic E-state index is 12.4. The molecule has 0 spiro atoms. The highest BCUT2D eigenvalue weighted by molar-refractivity contribution is 5.87. The molecule has 3 unspecified atom stereocenters. The summed E-state index contributed by atoms with van der Waals surface area (Å²) < 4.78 is 5.48. The Bertz CT molecular complexity index is 401. The first-order chi connectivity index (χ1) is 10.0. The molecule has 0 bridgehead atoms. The van der Waals surface area contributed by atoms with Gasteiger partial charge in [0.25, 0.3) is 0 Å². The predicted molar refractivity (Wildman–Crippen MR) is 78.1 cm³/mol. The summed E-state index contributed by atoms with van der Waals surface area (Å²) in [5.74, 6) is -0.559. The van der Waals surface area contributed by atoms with Gasteiger partial charge in [-0.3, -0.25) is 0 Å². The summed E-state index contributed by atoms with van der Waals surface area (Å²) in [5, 5.41) is 12.5. The summed E-state index contributed by atoms with van der Waals surface area (Å²) in [6, 6.07) is -0.248. The molecule has 0 aromatic rings. The van der Waals surface area contributed by atoms with Crippen LogP contribution in [0.25, 0.3) is 0 Å². The Kier molecular flexibility index (Phi) is 5.08. The predicted octanol–water partition coefficient (Wildman–Crippen LogP) is 1.84. The highest BCUT2D eigenvalue weighted by Gasteiger charge is 2.49. The molecular formula is C15H26N2O4. The lowest BCUT2D eigenvalue weighted by Gasteiger charge is -2.35. The molecule has 0 saturated carbocycles. The van der Waals surface area contributed by atoms with E-state index in [0.29, 0.717) is 31.8 Å². The van der Waals surface area contributed by atoms with Crippen LogP contribution in [0, 0.1) is 5.92 Å². The summed E-state index contributed by atoms with van der Waals surface area (Å²) in [4.78, 5) is 25.6. The summed E-state index contributed by atoms with van der Waals surface area (Å²) in [5.41, 5.74) is -1.02. The van der Waals surface area contributed by atoms with Crippen LogP contribution < -0.4 is 5.32 Å². The van der Waals surface area contributed by atoms with E-state index in [0.717, 1.165) is 25.9 Å². The third kappa shape index (κ3) is 3.15. The second kappa shape index (κ2) is 6.64. The molecule has 2 aliphatic rings. The number of carboxylic acids is 1. The van der Waals surface area contributed by atoms with Crippen molar-refractivity contribution in [2.24, 2.45) is 5.92 Å². The van der Waals surface area contributed by atoms with Gasteiger partial charge >= 0.3 is 12.0 Å². The number of ether oxygens (including phenoxy) is 1. The van der Waals surface area contributed by atoms with Crippen molar-refractivity contribution in [3.63, 3.8) is 0 Å². The molecule has 0 aliphatic carbocycles. The molecule has 120 valence electrons. The summed E-state index contributed by atoms with van der Waals surface area (Å²) in [7, 11) is 0. The molecule has 6 heteroatoms. The zero-order valence-electron chi connectivity index (χ0n) is 12.9. The van der Waals surface area contributed by atoms with Crippen LogP contribution in [0.3, 0.4) is 0 Å². The number of carboxylic acid groups (broad SMARTS) is 1. The Labute approximate surface area is 125 Å². The van der Waals surface area contributed by atoms with E-state index in [1.165, 1.54) is 4.90 Å². The molecule has 2 fully saturated rings. The van der Waals surface area contributed by atoms with Crippen molar-refractivity contribution in [2.75, 3.05) is 19.7 Å². The fourth-order valence-corrected chi connectivity index (χ4v) is 3.54. The van der Waals surface area contributed by atoms with E-state index in [1.807, 2.05) is 13.8 Å². The molecule has 2 amide bonds. The van der Waals surface area contributed by atoms with Gasteiger partial charge in [0, 0.05) is 25.6 Å². The fraction of sp³-hybridized carbons (Fsp3) is 0.867. The molecule has 0 radical (unpaired) electrons. The molecule has 3 atom stereocenters. The average molecular weight is 298 g/mol. The number of amides is 2. The van der Waals surface area contributed by atoms with Crippen LogP contribution in [-0.2, 0) is 9.53 Å². The quantitative estimate of drug-likeness (QED) is 0.811. The normalized spacial score (nSPS) is 32.4. The first-order valence-corrected chi connectivity index (χ1v) is 7.91. The second-order valence-corrected chi connectivity index (χ2v) is 6.15. The molecule has 0 aromatic heterocycles. The summed E-state index contributed by atoms with van der Waals surface area (Å²) in [6.07, 6.45) is 3.67. The van der Waals surface area contributed by atoms with Crippen molar-refractivity contribution in [1.82, 2.24) is 10.2 Å². The number of carbonyl (C=O) groups excluding carboxylic acids is 1. The number of rotatable bonds is 5. The Morgan fingerprint density at radius 2 is 2.24 bits per heavy atom. The van der Waals surface area contributed by atoms with E-state index in [9.17, 15) is 14.7 Å². The number of nitrogens with one attached hydrogen (secondary N) is 1. The van der Waals surface area contributed by atoms with Crippen LogP contribution >= 0.6 is 0 Å². The maximum absolute atomic E-state index is 12.4. The molecule has 2 rings (SSSR count). The number of aliphatic carboxylic acids is 1. The Morgan fingerprint density at radius 3 is 2.81 bits per heavy atom. The number of nitrogens with zero attached hydrogens (tertiary/aromatic N) is 1. The molecular weight excluding hydrogens is 272 g/mol. The lowest BCUT2D eigenvalue weighted by molar-refractivity contribution is -0.148. The lowest BCUT2D eigenvalue weighted by atomic mass is 9.91. The van der Waals surface area contributed by atoms with Crippen molar-refractivity contribution < 1.29 is 19.4 Å². The van der Waals surface area contributed by atoms with E-state index in [2.05, 4.69) is 5.32 Å². The minimum atomic E-state index is -1.02. The molecule has 2 saturated heterocycles. The maximum Gasteiger partial charge on any atom is 0.329 e. The van der Waals surface area contributed by atoms with E-state index < -0.39 is 11.5 Å². The lowest BCUT2D eigenvalue weighted by Crippen LogP contribution is -2.56. The van der Waals surface area contributed by atoms with Gasteiger partial charge in [0.15, 0.2) is 0 Å². The van der Waals surface area contributed by atoms with E-state index in [4.69, 9.17) is 4.74 Å². The van der Waals surface area contributed by atoms with Crippen LogP contribution in [0.4, 0.5) is 4.79 Å². The van der Waals surface area contributed by atoms with Gasteiger partial charge in [-0.1, -0.05) is 13.3 Å². The zero-order valence-corrected chi connectivity index (χ0v) is 12.9. The molecule has 2 N–H and O–H groups in total. The van der Waals surface area contributed by atoms with Crippen molar-refractivity contribution >= 4 is 12.0 Å². The molecule has 2 aliphatic heterocycles. The largest absolute Gasteiger partial charge is 0.479 e. The zero-order chi connectivity index (χ0) is 15.5. The van der Waals surface area contributed by atoms with E-state index >= 15 is 0 Å². The van der Waals surface area contributed by atoms with Crippen LogP contribution in [0.1, 0.15) is 46.0 Å². The Hall–Kier alpha value is -1.30. The summed E-state index contributed by atoms with van der Waals surface area (Å²) in [6.45, 7) is 5.78. The van der Waals surface area contributed by atoms with Gasteiger partial charge in [0.2, 0.25) is 0 Å². The SMILES string of the molecule is CCCC1(C(=O)O)CCCN1C(=O)NCC1CCOC1C. The van der Waals surface area contributed by atoms with Gasteiger partial charge in [-0.15, -0.1) is 0 Å². The smallest absolute Gasteiger partial charge is 0.329 e. The second-order valence-electron chi connectivity index (χ2n) is 6.15. The van der Waals surface area contributed by atoms with Gasteiger partial charge in [-0.05, 0) is 32.6 Å². The van der Waals surface area contributed by atoms with Gasteiger partial charge < -0.3 is 20.1 Å². The minimum Gasteiger partial charge on any atom is -0.479 e. The fourth-order valence-electron chi connectivity index (χ4n) is 3.54. The molecule has 21 heavy (non-hydrogen) atoms. The monoisotopic (exact) mass is 298 g/mol. The van der Waals surface area contributed by atoms with Crippen LogP contribution in [-0.4, -0.2) is 53.3 Å². The van der Waals surface area contributed by atoms with E-state index in [1.54, 1.807) is 0 Å². The first-order valence-electron chi connectivity index (χ1n) is 7.91. The van der Waals surface area contributed by atoms with Crippen LogP contribution in [0.5, 0.6) is 0 Å². The van der Waals surface area contributed by atoms with Gasteiger partial charge in [0.1, 0.15) is 5.54 Å². The molecule has 6 nitrogen and oxygen atoms in total. The third-order valence-electron chi connectivity index (χ3n) is 4.84. The van der Waals surface area contributed by atoms with Crippen LogP contribution in [0.2, 0.25) is 0 Å². The van der Waals surface area contributed by atoms with Crippen molar-refractivity contribution in [3.8, 4) is 0 Å². The van der Waals surface area contributed by atoms with Gasteiger partial charge in [0.05, 0.1) is 6.10 Å². The van der Waals surface area contributed by atoms with Crippen molar-refractivity contribution in [2.45, 2.75) is 57.6 Å². The highest BCUT2D eigenvalue weighted by atomic mass is 16.5. The van der Waals surface area contributed by atoms with Gasteiger partial charge in [-0.2, -0.15) is 0 Å². The third-order valence-corrected chi connectivity index (χ3v) is 4.84. The van der Waals surface area contributed by atoms with Crippen LogP contribution in [0.15, 0.2) is 0 Å². The van der Waals surface area contributed by atoms with E-state index in [-0.39, 0.29) is 12.1 Å². The number of likely N-dealkylation sites (tertiary alicyclic amines) is 1. The Morgan fingerprint density at radius 1 is 1.48 bits per heavy atom. The number of hydrogen-bond acceptors (Lipinski definition) is 3. The number of hydrogen-bond donors (Lipinski definition) is 2. The standard InChI is InChI=1S/C15H26N2O4/c1-3-6-15(13(18)19)7-4-8-17(15)14(20)16-10-12-5-9-21-11(12)2/h11-12H,3-10H2,1-2H3,(H,16,20)(H,18,19). The highest BCUT2D eigenvalue weighted by Crippen LogP contribution is 2.34. The number of carbonyl (C=O) groups is 2. The number of urea groups is 1. The van der Waals surface area contributed by atoms with Crippen molar-refractivity contribution in [1.29, 1.82) is 0 Å². The Balaban J connectivity index is 1.98. The average Bonchev–Trinajstić information content (AvgIpc) is 3.04. The summed E-state index contributed by atoms with van der Waals surface area (Å²) >= 11 is 0. The topological polar surface area (TPSA) is 78.9 Å². The molecule has 0 aromatic carbocycles. The molecule has 2 heterocycles. The minimum absolute atomic E-state index is 0.156.